The van der Waals surface area contributed by atoms with Crippen LogP contribution >= 0.6 is 12.2 Å². The van der Waals surface area contributed by atoms with E-state index in [2.05, 4.69) is 15.3 Å². The monoisotopic (exact) mass is 293 g/mol. The predicted molar refractivity (Wildman–Crippen MR) is 82.6 cm³/mol. The lowest BCUT2D eigenvalue weighted by molar-refractivity contribution is 0.0676. The topological polar surface area (TPSA) is 75.8 Å². The van der Waals surface area contributed by atoms with Gasteiger partial charge in [0.25, 0.3) is 0 Å². The highest BCUT2D eigenvalue weighted by Gasteiger charge is 2.12. The number of thiocarbonyl (C=S) groups is 1. The molecule has 0 saturated carbocycles. The van der Waals surface area contributed by atoms with Crippen molar-refractivity contribution < 1.29 is 4.74 Å². The lowest BCUT2D eigenvalue weighted by atomic mass is 10.3. The molecule has 1 aromatic rings. The summed E-state index contributed by atoms with van der Waals surface area (Å²) in [6, 6.07) is 5.85. The molecule has 0 bridgehead atoms. The third-order valence-corrected chi connectivity index (χ3v) is 3.17. The van der Waals surface area contributed by atoms with E-state index in [1.807, 2.05) is 23.1 Å². The molecule has 0 atom stereocenters. The lowest BCUT2D eigenvalue weighted by Gasteiger charge is -2.27. The zero-order chi connectivity index (χ0) is 14.2. The number of nitrogens with two attached hydrogens (primary N) is 1. The summed E-state index contributed by atoms with van der Waals surface area (Å²) in [5.74, 6) is 0.448. The van der Waals surface area contributed by atoms with Crippen LogP contribution in [0.4, 0.5) is 0 Å². The highest BCUT2D eigenvalue weighted by Crippen LogP contribution is 1.97. The maximum absolute atomic E-state index is 5.91. The van der Waals surface area contributed by atoms with E-state index < -0.39 is 0 Å². The molecule has 0 unspecified atom stereocenters. The Labute approximate surface area is 124 Å². The van der Waals surface area contributed by atoms with Crippen LogP contribution in [0.25, 0.3) is 0 Å². The average Bonchev–Trinajstić information content (AvgIpc) is 2.49. The van der Waals surface area contributed by atoms with Crippen molar-refractivity contribution in [3.63, 3.8) is 0 Å². The van der Waals surface area contributed by atoms with Crippen LogP contribution in [0.2, 0.25) is 0 Å². The zero-order valence-electron chi connectivity index (χ0n) is 11.3. The normalized spacial score (nSPS) is 16.0. The van der Waals surface area contributed by atoms with Crippen molar-refractivity contribution >= 4 is 23.3 Å². The number of rotatable bonds is 3. The Hall–Kier alpha value is -1.73. The van der Waals surface area contributed by atoms with Gasteiger partial charge in [0, 0.05) is 37.9 Å². The quantitative estimate of drug-likeness (QED) is 0.469. The molecule has 1 fully saturated rings. The standard InChI is InChI=1S/C13H19N5OS/c14-12(18-7-9-19-10-8-18)17-13(20)16-6-4-11-3-1-2-5-15-11/h1-3,5H,4,6-10H2,(H3,14,16,17,20). The fraction of sp³-hybridized carbons (Fsp3) is 0.462. The number of guanidine groups is 1. The largest absolute Gasteiger partial charge is 0.378 e. The van der Waals surface area contributed by atoms with E-state index in [0.29, 0.717) is 30.8 Å². The number of pyridine rings is 1. The van der Waals surface area contributed by atoms with Gasteiger partial charge in [-0.1, -0.05) is 6.07 Å². The number of aliphatic imine (C=N–C) groups is 1. The van der Waals surface area contributed by atoms with Gasteiger partial charge in [-0.2, -0.15) is 4.99 Å². The van der Waals surface area contributed by atoms with Crippen molar-refractivity contribution in [3.8, 4) is 0 Å². The fourth-order valence-electron chi connectivity index (χ4n) is 1.85. The molecular formula is C13H19N5OS. The van der Waals surface area contributed by atoms with E-state index in [4.69, 9.17) is 22.7 Å². The van der Waals surface area contributed by atoms with Crippen molar-refractivity contribution in [3.05, 3.63) is 30.1 Å². The van der Waals surface area contributed by atoms with Gasteiger partial charge < -0.3 is 20.7 Å². The number of hydrogen-bond acceptors (Lipinski definition) is 3. The van der Waals surface area contributed by atoms with E-state index in [9.17, 15) is 0 Å². The summed E-state index contributed by atoms with van der Waals surface area (Å²) < 4.78 is 5.26. The Morgan fingerprint density at radius 3 is 2.95 bits per heavy atom. The molecule has 2 rings (SSSR count). The van der Waals surface area contributed by atoms with Crippen molar-refractivity contribution in [1.82, 2.24) is 15.2 Å². The Bertz CT molecular complexity index is 459. The van der Waals surface area contributed by atoms with Gasteiger partial charge in [-0.05, 0) is 24.4 Å². The number of nitrogens with one attached hydrogen (secondary N) is 1. The van der Waals surface area contributed by atoms with Crippen molar-refractivity contribution in [2.75, 3.05) is 32.8 Å². The number of morpholine rings is 1. The summed E-state index contributed by atoms with van der Waals surface area (Å²) in [7, 11) is 0. The van der Waals surface area contributed by atoms with Crippen LogP contribution in [0, 0.1) is 0 Å². The zero-order valence-corrected chi connectivity index (χ0v) is 12.1. The van der Waals surface area contributed by atoms with Crippen molar-refractivity contribution in [1.29, 1.82) is 0 Å². The number of aromatic nitrogens is 1. The molecule has 20 heavy (non-hydrogen) atoms. The summed E-state index contributed by atoms with van der Waals surface area (Å²) in [6.45, 7) is 3.56. The Morgan fingerprint density at radius 1 is 1.45 bits per heavy atom. The maximum atomic E-state index is 5.91. The molecule has 0 spiro atoms. The third kappa shape index (κ3) is 4.75. The molecule has 0 aromatic carbocycles. The van der Waals surface area contributed by atoms with Gasteiger partial charge in [-0.25, -0.2) is 0 Å². The molecule has 108 valence electrons. The first-order chi connectivity index (χ1) is 9.75. The first-order valence-corrected chi connectivity index (χ1v) is 7.01. The summed E-state index contributed by atoms with van der Waals surface area (Å²) in [5.41, 5.74) is 6.93. The van der Waals surface area contributed by atoms with Crippen LogP contribution in [-0.4, -0.2) is 53.8 Å². The Kier molecular flexibility index (Phi) is 5.69. The molecule has 0 amide bonds. The van der Waals surface area contributed by atoms with Crippen LogP contribution in [0.5, 0.6) is 0 Å². The summed E-state index contributed by atoms with van der Waals surface area (Å²) in [5, 5.41) is 3.47. The second-order valence-corrected chi connectivity index (χ2v) is 4.76. The van der Waals surface area contributed by atoms with E-state index in [1.165, 1.54) is 0 Å². The first kappa shape index (κ1) is 14.7. The predicted octanol–water partition coefficient (Wildman–Crippen LogP) is 0.145. The fourth-order valence-corrected chi connectivity index (χ4v) is 2.05. The summed E-state index contributed by atoms with van der Waals surface area (Å²) >= 11 is 5.16. The minimum absolute atomic E-state index is 0.407. The van der Waals surface area contributed by atoms with Crippen molar-refractivity contribution in [2.45, 2.75) is 6.42 Å². The third-order valence-electron chi connectivity index (χ3n) is 2.93. The second-order valence-electron chi connectivity index (χ2n) is 4.37. The molecule has 1 aliphatic rings. The highest BCUT2D eigenvalue weighted by molar-refractivity contribution is 7.80. The van der Waals surface area contributed by atoms with E-state index in [1.54, 1.807) is 6.20 Å². The van der Waals surface area contributed by atoms with Crippen LogP contribution in [0.3, 0.4) is 0 Å². The molecular weight excluding hydrogens is 274 g/mol. The van der Waals surface area contributed by atoms with E-state index in [0.717, 1.165) is 25.2 Å². The molecule has 0 radical (unpaired) electrons. The van der Waals surface area contributed by atoms with E-state index in [-0.39, 0.29) is 0 Å². The highest BCUT2D eigenvalue weighted by atomic mass is 32.1. The maximum Gasteiger partial charge on any atom is 0.198 e. The van der Waals surface area contributed by atoms with Gasteiger partial charge in [-0.3, -0.25) is 4.98 Å². The number of nitrogens with zero attached hydrogens (tertiary/aromatic N) is 3. The van der Waals surface area contributed by atoms with Crippen LogP contribution in [0.1, 0.15) is 5.69 Å². The Morgan fingerprint density at radius 2 is 2.25 bits per heavy atom. The Balaban J connectivity index is 1.74. The van der Waals surface area contributed by atoms with Gasteiger partial charge in [0.15, 0.2) is 11.1 Å². The van der Waals surface area contributed by atoms with Gasteiger partial charge in [0.1, 0.15) is 0 Å². The summed E-state index contributed by atoms with van der Waals surface area (Å²) in [4.78, 5) is 10.4. The molecule has 1 aliphatic heterocycles. The van der Waals surface area contributed by atoms with Gasteiger partial charge in [0.2, 0.25) is 0 Å². The van der Waals surface area contributed by atoms with Crippen LogP contribution in [0.15, 0.2) is 29.4 Å². The molecule has 3 N–H and O–H groups in total. The minimum atomic E-state index is 0.407. The smallest absolute Gasteiger partial charge is 0.198 e. The van der Waals surface area contributed by atoms with E-state index >= 15 is 0 Å². The van der Waals surface area contributed by atoms with Crippen molar-refractivity contribution in [2.24, 2.45) is 10.7 Å². The number of hydrogen-bond donors (Lipinski definition) is 2. The van der Waals surface area contributed by atoms with Gasteiger partial charge in [-0.15, -0.1) is 0 Å². The van der Waals surface area contributed by atoms with Crippen LogP contribution < -0.4 is 11.1 Å². The summed E-state index contributed by atoms with van der Waals surface area (Å²) in [6.07, 6.45) is 2.58. The molecule has 7 heteroatoms. The molecule has 6 nitrogen and oxygen atoms in total. The molecule has 1 aromatic heterocycles. The average molecular weight is 293 g/mol. The molecule has 1 saturated heterocycles. The van der Waals surface area contributed by atoms with Gasteiger partial charge in [0.05, 0.1) is 13.2 Å². The second kappa shape index (κ2) is 7.76. The lowest BCUT2D eigenvalue weighted by Crippen LogP contribution is -2.45. The first-order valence-electron chi connectivity index (χ1n) is 6.60. The molecule has 0 aliphatic carbocycles. The molecule has 2 heterocycles. The SMILES string of the molecule is NC(=NC(=S)NCCc1ccccn1)N1CCOCC1. The number of ether oxygens (including phenoxy) is 1. The van der Waals surface area contributed by atoms with Crippen LogP contribution in [-0.2, 0) is 11.2 Å². The minimum Gasteiger partial charge on any atom is -0.378 e. The van der Waals surface area contributed by atoms with Gasteiger partial charge >= 0.3 is 0 Å².